The van der Waals surface area contributed by atoms with Gasteiger partial charge in [-0.1, -0.05) is 12.1 Å². The Morgan fingerprint density at radius 3 is 2.62 bits per heavy atom. The largest absolute Gasteiger partial charge is 0.440 e. The lowest BCUT2D eigenvalue weighted by Crippen LogP contribution is -2.28. The summed E-state index contributed by atoms with van der Waals surface area (Å²) in [7, 11) is 0. The number of nitrogens with two attached hydrogens (primary N) is 1. The van der Waals surface area contributed by atoms with Crippen molar-refractivity contribution in [3.8, 4) is 11.8 Å². The van der Waals surface area contributed by atoms with Crippen molar-refractivity contribution in [3.63, 3.8) is 0 Å². The molecule has 0 aliphatic carbocycles. The minimum Gasteiger partial charge on any atom is -0.440 e. The Morgan fingerprint density at radius 1 is 1.38 bits per heavy atom. The first-order chi connectivity index (χ1) is 11.4. The van der Waals surface area contributed by atoms with Gasteiger partial charge >= 0.3 is 0 Å². The Hall–Kier alpha value is -3.60. The van der Waals surface area contributed by atoms with Gasteiger partial charge in [0.05, 0.1) is 16.4 Å². The quantitative estimate of drug-likeness (QED) is 0.639. The first-order valence-electron chi connectivity index (χ1n) is 6.98. The number of aromatic nitrogens is 1. The number of aryl methyl sites for hydroxylation is 1. The summed E-state index contributed by atoms with van der Waals surface area (Å²) in [5.74, 6) is -0.557. The van der Waals surface area contributed by atoms with Gasteiger partial charge in [-0.3, -0.25) is 14.9 Å². The van der Waals surface area contributed by atoms with E-state index in [0.29, 0.717) is 11.3 Å². The summed E-state index contributed by atoms with van der Waals surface area (Å²) in [5, 5.41) is 20.2. The van der Waals surface area contributed by atoms with E-state index in [1.54, 1.807) is 13.0 Å². The second-order valence-electron chi connectivity index (χ2n) is 5.33. The summed E-state index contributed by atoms with van der Waals surface area (Å²) in [4.78, 5) is 25.3. The molecule has 1 unspecified atom stereocenters. The van der Waals surface area contributed by atoms with Gasteiger partial charge in [-0.05, 0) is 12.5 Å². The highest BCUT2D eigenvalue weighted by Gasteiger charge is 2.33. The van der Waals surface area contributed by atoms with Gasteiger partial charge in [-0.15, -0.1) is 0 Å². The van der Waals surface area contributed by atoms with Crippen LogP contribution < -0.4 is 16.0 Å². The van der Waals surface area contributed by atoms with E-state index < -0.39 is 16.4 Å². The average molecular weight is 324 g/mol. The standard InChI is InChI=1S/C16H12N4O4/c1-8-6-12-14(16(21)19-8)13(11(7-17)15(18)24-12)9-2-4-10(5-3-9)20(22)23/h2-6,13H,18H2,1H3,(H,19,21). The Bertz CT molecular complexity index is 967. The third-order valence-electron chi connectivity index (χ3n) is 3.79. The number of rotatable bonds is 2. The molecule has 0 saturated heterocycles. The molecule has 1 aliphatic rings. The van der Waals surface area contributed by atoms with Crippen LogP contribution in [0.1, 0.15) is 22.7 Å². The lowest BCUT2D eigenvalue weighted by atomic mass is 9.84. The normalized spacial score (nSPS) is 16.1. The van der Waals surface area contributed by atoms with E-state index in [-0.39, 0.29) is 28.5 Å². The van der Waals surface area contributed by atoms with E-state index in [4.69, 9.17) is 10.5 Å². The predicted molar refractivity (Wildman–Crippen MR) is 84.2 cm³/mol. The van der Waals surface area contributed by atoms with E-state index in [9.17, 15) is 20.2 Å². The van der Waals surface area contributed by atoms with Crippen LogP contribution in [0.3, 0.4) is 0 Å². The van der Waals surface area contributed by atoms with Crippen LogP contribution in [0.2, 0.25) is 0 Å². The molecule has 8 nitrogen and oxygen atoms in total. The van der Waals surface area contributed by atoms with Crippen LogP contribution in [-0.4, -0.2) is 9.91 Å². The van der Waals surface area contributed by atoms with Gasteiger partial charge in [0.15, 0.2) is 0 Å². The molecule has 8 heteroatoms. The van der Waals surface area contributed by atoms with E-state index in [2.05, 4.69) is 4.98 Å². The molecular weight excluding hydrogens is 312 g/mol. The number of allylic oxidation sites excluding steroid dienone is 1. The van der Waals surface area contributed by atoms with Crippen LogP contribution in [0.4, 0.5) is 5.69 Å². The average Bonchev–Trinajstić information content (AvgIpc) is 2.53. The summed E-state index contributed by atoms with van der Waals surface area (Å²) in [6.07, 6.45) is 0. The molecular formula is C16H12N4O4. The molecule has 1 aromatic carbocycles. The SMILES string of the molecule is Cc1cc2c(c(=O)[nH]1)C(c1ccc([N+](=O)[O-])cc1)C(C#N)=C(N)O2. The van der Waals surface area contributed by atoms with Crippen molar-refractivity contribution in [1.29, 1.82) is 5.26 Å². The fraction of sp³-hybridized carbons (Fsp3) is 0.125. The molecule has 2 heterocycles. The number of hydrogen-bond donors (Lipinski definition) is 2. The van der Waals surface area contributed by atoms with Crippen LogP contribution in [-0.2, 0) is 0 Å². The molecule has 1 atom stereocenters. The topological polar surface area (TPSA) is 135 Å². The maximum atomic E-state index is 12.4. The van der Waals surface area contributed by atoms with Crippen molar-refractivity contribution in [1.82, 2.24) is 4.98 Å². The van der Waals surface area contributed by atoms with E-state index in [0.717, 1.165) is 0 Å². The van der Waals surface area contributed by atoms with Gasteiger partial charge in [-0.25, -0.2) is 0 Å². The smallest absolute Gasteiger partial charge is 0.269 e. The van der Waals surface area contributed by atoms with E-state index in [1.165, 1.54) is 24.3 Å². The molecule has 1 aromatic heterocycles. The molecule has 3 rings (SSSR count). The fourth-order valence-electron chi connectivity index (χ4n) is 2.73. The van der Waals surface area contributed by atoms with Crippen molar-refractivity contribution >= 4 is 5.69 Å². The van der Waals surface area contributed by atoms with Gasteiger partial charge in [0.25, 0.3) is 11.2 Å². The highest BCUT2D eigenvalue weighted by molar-refractivity contribution is 5.55. The lowest BCUT2D eigenvalue weighted by molar-refractivity contribution is -0.384. The van der Waals surface area contributed by atoms with Crippen LogP contribution in [0.15, 0.2) is 46.6 Å². The minimum atomic E-state index is -0.746. The van der Waals surface area contributed by atoms with Crippen molar-refractivity contribution < 1.29 is 9.66 Å². The number of nitrogens with one attached hydrogen (secondary N) is 1. The number of nitrogens with zero attached hydrogens (tertiary/aromatic N) is 2. The molecule has 0 fully saturated rings. The van der Waals surface area contributed by atoms with Crippen LogP contribution >= 0.6 is 0 Å². The minimum absolute atomic E-state index is 0.0840. The van der Waals surface area contributed by atoms with Crippen molar-refractivity contribution in [3.05, 3.63) is 79.1 Å². The van der Waals surface area contributed by atoms with Gasteiger partial charge in [-0.2, -0.15) is 5.26 Å². The number of non-ortho nitro benzene ring substituents is 1. The molecule has 2 aromatic rings. The maximum absolute atomic E-state index is 12.4. The number of nitro groups is 1. The van der Waals surface area contributed by atoms with Crippen LogP contribution in [0.5, 0.6) is 5.75 Å². The number of fused-ring (bicyclic) bond motifs is 1. The summed E-state index contributed by atoms with van der Waals surface area (Å²) in [6.45, 7) is 1.70. The molecule has 0 spiro atoms. The number of benzene rings is 1. The molecule has 120 valence electrons. The van der Waals surface area contributed by atoms with Crippen LogP contribution in [0.25, 0.3) is 0 Å². The van der Waals surface area contributed by atoms with Crippen molar-refractivity contribution in [2.24, 2.45) is 5.73 Å². The molecule has 0 radical (unpaired) electrons. The number of ether oxygens (including phenoxy) is 1. The van der Waals surface area contributed by atoms with Gasteiger partial charge in [0.1, 0.15) is 17.4 Å². The second kappa shape index (κ2) is 5.55. The van der Waals surface area contributed by atoms with Crippen molar-refractivity contribution in [2.75, 3.05) is 0 Å². The van der Waals surface area contributed by atoms with Gasteiger partial charge < -0.3 is 15.5 Å². The number of hydrogen-bond acceptors (Lipinski definition) is 6. The molecule has 3 N–H and O–H groups in total. The van der Waals surface area contributed by atoms with Crippen molar-refractivity contribution in [2.45, 2.75) is 12.8 Å². The summed E-state index contributed by atoms with van der Waals surface area (Å²) < 4.78 is 5.42. The zero-order valence-corrected chi connectivity index (χ0v) is 12.6. The Morgan fingerprint density at radius 2 is 2.04 bits per heavy atom. The first-order valence-corrected chi connectivity index (χ1v) is 6.98. The van der Waals surface area contributed by atoms with E-state index in [1.807, 2.05) is 6.07 Å². The Kier molecular flexibility index (Phi) is 3.54. The van der Waals surface area contributed by atoms with Gasteiger partial charge in [0, 0.05) is 23.9 Å². The molecule has 1 aliphatic heterocycles. The fourth-order valence-corrected chi connectivity index (χ4v) is 2.73. The highest BCUT2D eigenvalue weighted by Crippen LogP contribution is 2.40. The van der Waals surface area contributed by atoms with E-state index >= 15 is 0 Å². The van der Waals surface area contributed by atoms with Crippen LogP contribution in [0, 0.1) is 28.4 Å². The lowest BCUT2D eigenvalue weighted by Gasteiger charge is -2.25. The zero-order valence-electron chi connectivity index (χ0n) is 12.6. The number of nitriles is 1. The monoisotopic (exact) mass is 324 g/mol. The summed E-state index contributed by atoms with van der Waals surface area (Å²) >= 11 is 0. The van der Waals surface area contributed by atoms with Gasteiger partial charge in [0.2, 0.25) is 5.88 Å². The Labute approximate surface area is 135 Å². The first kappa shape index (κ1) is 15.3. The number of pyridine rings is 1. The number of aromatic amines is 1. The molecule has 0 saturated carbocycles. The Balaban J connectivity index is 2.23. The number of nitro benzene ring substituents is 1. The summed E-state index contributed by atoms with van der Waals surface area (Å²) in [6, 6.07) is 9.23. The zero-order chi connectivity index (χ0) is 17.4. The summed E-state index contributed by atoms with van der Waals surface area (Å²) in [5.41, 5.74) is 6.82. The number of H-pyrrole nitrogens is 1. The highest BCUT2D eigenvalue weighted by atomic mass is 16.6. The molecule has 24 heavy (non-hydrogen) atoms. The maximum Gasteiger partial charge on any atom is 0.269 e. The molecule has 0 amide bonds. The molecule has 0 bridgehead atoms. The second-order valence-corrected chi connectivity index (χ2v) is 5.33. The third kappa shape index (κ3) is 2.38. The predicted octanol–water partition coefficient (Wildman–Crippen LogP) is 1.81. The third-order valence-corrected chi connectivity index (χ3v) is 3.79.